The molecule has 2 N–H and O–H groups in total. The number of anilines is 2. The minimum Gasteiger partial charge on any atom is -0.377 e. The van der Waals surface area contributed by atoms with Crippen molar-refractivity contribution in [1.82, 2.24) is 24.5 Å². The van der Waals surface area contributed by atoms with Gasteiger partial charge < -0.3 is 14.6 Å². The van der Waals surface area contributed by atoms with Gasteiger partial charge in [0, 0.05) is 43.5 Å². The molecule has 5 aromatic rings. The van der Waals surface area contributed by atoms with E-state index in [-0.39, 0.29) is 29.4 Å². The Balaban J connectivity index is 1.55. The number of nitrogens with one attached hydrogen (secondary N) is 2. The Morgan fingerprint density at radius 2 is 1.82 bits per heavy atom. The summed E-state index contributed by atoms with van der Waals surface area (Å²) in [5.41, 5.74) is 3.04. The van der Waals surface area contributed by atoms with Gasteiger partial charge in [-0.2, -0.15) is 5.10 Å². The highest BCUT2D eigenvalue weighted by atomic mass is 32.2. The van der Waals surface area contributed by atoms with Gasteiger partial charge in [-0.05, 0) is 56.9 Å². The number of carbonyl (C=O) groups is 1. The molecule has 3 aromatic heterocycles. The second-order valence-electron chi connectivity index (χ2n) is 11.8. The summed E-state index contributed by atoms with van der Waals surface area (Å²) in [4.78, 5) is 32.1. The van der Waals surface area contributed by atoms with Crippen molar-refractivity contribution in [1.29, 1.82) is 0 Å². The van der Waals surface area contributed by atoms with Crippen LogP contribution in [0.4, 0.5) is 11.6 Å². The molecule has 0 atom stereocenters. The topological polar surface area (TPSA) is 163 Å². The first kappa shape index (κ1) is 35.2. The van der Waals surface area contributed by atoms with Crippen molar-refractivity contribution in [2.24, 2.45) is 7.05 Å². The molecule has 0 fully saturated rings. The van der Waals surface area contributed by atoms with Crippen molar-refractivity contribution in [2.45, 2.75) is 71.9 Å². The Morgan fingerprint density at radius 3 is 2.49 bits per heavy atom. The van der Waals surface area contributed by atoms with Crippen molar-refractivity contribution >= 4 is 27.6 Å². The average molecular weight is 688 g/mol. The Morgan fingerprint density at radius 1 is 1.04 bits per heavy atom. The van der Waals surface area contributed by atoms with Gasteiger partial charge in [0.05, 0.1) is 23.7 Å². The molecule has 0 saturated carbocycles. The van der Waals surface area contributed by atoms with Gasteiger partial charge in [-0.15, -0.1) is 0 Å². The summed E-state index contributed by atoms with van der Waals surface area (Å²) in [5, 5.41) is 10.8. The van der Waals surface area contributed by atoms with Crippen molar-refractivity contribution < 1.29 is 22.5 Å². The molecular weight excluding hydrogens is 646 g/mol. The van der Waals surface area contributed by atoms with Gasteiger partial charge in [0.1, 0.15) is 17.1 Å². The molecule has 13 nitrogen and oxygen atoms in total. The molecule has 3 heterocycles. The average Bonchev–Trinajstić information content (AvgIpc) is 3.62. The Bertz CT molecular complexity index is 2150. The molecule has 0 aliphatic heterocycles. The number of amides is 1. The number of aryl methyl sites for hydroxylation is 4. The van der Waals surface area contributed by atoms with Crippen LogP contribution in [0.5, 0.6) is 0 Å². The number of unbranched alkanes of at least 4 members (excludes halogenated alkanes) is 1. The number of rotatable bonds is 14. The third kappa shape index (κ3) is 7.81. The van der Waals surface area contributed by atoms with E-state index in [1.807, 2.05) is 25.1 Å². The van der Waals surface area contributed by atoms with Crippen LogP contribution in [0, 0.1) is 20.8 Å². The lowest BCUT2D eigenvalue weighted by Crippen LogP contribution is -2.34. The van der Waals surface area contributed by atoms with E-state index in [1.165, 1.54) is 6.07 Å². The van der Waals surface area contributed by atoms with E-state index in [9.17, 15) is 18.0 Å². The van der Waals surface area contributed by atoms with E-state index < -0.39 is 21.5 Å². The van der Waals surface area contributed by atoms with E-state index in [4.69, 9.17) is 14.2 Å². The van der Waals surface area contributed by atoms with Crippen molar-refractivity contribution in [3.63, 3.8) is 0 Å². The van der Waals surface area contributed by atoms with E-state index in [2.05, 4.69) is 27.2 Å². The van der Waals surface area contributed by atoms with Crippen molar-refractivity contribution in [2.75, 3.05) is 16.6 Å². The van der Waals surface area contributed by atoms with E-state index in [0.717, 1.165) is 24.0 Å². The summed E-state index contributed by atoms with van der Waals surface area (Å²) in [7, 11) is -2.33. The second kappa shape index (κ2) is 15.0. The number of hydrogen-bond acceptors (Lipinski definition) is 9. The molecule has 258 valence electrons. The highest BCUT2D eigenvalue weighted by Crippen LogP contribution is 2.33. The molecule has 0 bridgehead atoms. The van der Waals surface area contributed by atoms with Gasteiger partial charge in [0.25, 0.3) is 21.5 Å². The largest absolute Gasteiger partial charge is 0.377 e. The van der Waals surface area contributed by atoms with E-state index in [0.29, 0.717) is 52.8 Å². The molecule has 0 unspecified atom stereocenters. The van der Waals surface area contributed by atoms with Crippen LogP contribution >= 0.6 is 0 Å². The number of benzene rings is 2. The Labute approximate surface area is 285 Å². The maximum absolute atomic E-state index is 14.0. The molecule has 0 radical (unpaired) electrons. The molecule has 0 saturated heterocycles. The number of carbonyl (C=O) groups excluding carboxylic acids is 1. The van der Waals surface area contributed by atoms with Crippen LogP contribution in [0.2, 0.25) is 0 Å². The highest BCUT2D eigenvalue weighted by molar-refractivity contribution is 7.92. The Kier molecular flexibility index (Phi) is 10.8. The summed E-state index contributed by atoms with van der Waals surface area (Å²) in [6, 6.07) is 13.9. The van der Waals surface area contributed by atoms with Crippen LogP contribution in [0.25, 0.3) is 11.1 Å². The summed E-state index contributed by atoms with van der Waals surface area (Å²) < 4.78 is 44.0. The fraction of sp³-hybridized carbons (Fsp3) is 0.343. The maximum atomic E-state index is 14.0. The fourth-order valence-corrected chi connectivity index (χ4v) is 6.75. The molecule has 0 spiro atoms. The monoisotopic (exact) mass is 687 g/mol. The van der Waals surface area contributed by atoms with E-state index >= 15 is 0 Å². The predicted octanol–water partition coefficient (Wildman–Crippen LogP) is 5.54. The molecule has 1 amide bonds. The molecule has 2 aromatic carbocycles. The Hall–Kier alpha value is -5.08. The second-order valence-corrected chi connectivity index (χ2v) is 13.4. The van der Waals surface area contributed by atoms with Crippen LogP contribution in [0.1, 0.15) is 71.0 Å². The lowest BCUT2D eigenvalue weighted by molar-refractivity contribution is 0.102. The highest BCUT2D eigenvalue weighted by Gasteiger charge is 2.25. The summed E-state index contributed by atoms with van der Waals surface area (Å²) in [5.74, 6) is 0.964. The molecule has 0 aliphatic carbocycles. The standard InChI is InChI=1S/C35H41N7O6S/c1-7-9-14-31-36-23(4)32(34(43)37-30-17-18-41(6)38-30)35(44)42(31)20-25-15-16-27(26(19-25)21-47-8-2)28-12-10-11-13-29(28)49(45,46)40-33-22(3)24(5)48-39-33/h10-13,15-19H,7-9,14,20-21H2,1-6H3,(H,39,40)(H,37,38,43). The summed E-state index contributed by atoms with van der Waals surface area (Å²) in [6.45, 7) is 9.81. The van der Waals surface area contributed by atoms with Crippen LogP contribution in [0.15, 0.2) is 68.9 Å². The van der Waals surface area contributed by atoms with Gasteiger partial charge >= 0.3 is 0 Å². The summed E-state index contributed by atoms with van der Waals surface area (Å²) in [6.07, 6.45) is 3.96. The number of aromatic nitrogens is 5. The third-order valence-corrected chi connectivity index (χ3v) is 9.59. The number of nitrogens with zero attached hydrogens (tertiary/aromatic N) is 5. The molecule has 0 aliphatic rings. The third-order valence-electron chi connectivity index (χ3n) is 8.19. The molecule has 14 heteroatoms. The first-order chi connectivity index (χ1) is 23.4. The lowest BCUT2D eigenvalue weighted by atomic mass is 9.97. The van der Waals surface area contributed by atoms with Gasteiger partial charge in [0.15, 0.2) is 11.6 Å². The number of hydrogen-bond donors (Lipinski definition) is 2. The maximum Gasteiger partial charge on any atom is 0.266 e. The van der Waals surface area contributed by atoms with Gasteiger partial charge in [-0.1, -0.05) is 54.9 Å². The van der Waals surface area contributed by atoms with Crippen molar-refractivity contribution in [3.8, 4) is 11.1 Å². The number of sulfonamides is 1. The zero-order chi connectivity index (χ0) is 35.3. The lowest BCUT2D eigenvalue weighted by Gasteiger charge is -2.18. The van der Waals surface area contributed by atoms with Crippen LogP contribution in [0.3, 0.4) is 0 Å². The number of ether oxygens (including phenoxy) is 1. The smallest absolute Gasteiger partial charge is 0.266 e. The van der Waals surface area contributed by atoms with Gasteiger partial charge in [-0.25, -0.2) is 13.4 Å². The summed E-state index contributed by atoms with van der Waals surface area (Å²) >= 11 is 0. The first-order valence-electron chi connectivity index (χ1n) is 16.1. The van der Waals surface area contributed by atoms with Crippen LogP contribution in [-0.2, 0) is 41.4 Å². The minimum atomic E-state index is -4.07. The van der Waals surface area contributed by atoms with Gasteiger partial charge in [-0.3, -0.25) is 23.6 Å². The zero-order valence-corrected chi connectivity index (χ0v) is 29.3. The van der Waals surface area contributed by atoms with Gasteiger partial charge in [0.2, 0.25) is 0 Å². The molecule has 49 heavy (non-hydrogen) atoms. The quantitative estimate of drug-likeness (QED) is 0.153. The van der Waals surface area contributed by atoms with E-state index in [1.54, 1.807) is 67.5 Å². The van der Waals surface area contributed by atoms with Crippen LogP contribution in [-0.4, -0.2) is 45.4 Å². The SMILES string of the molecule is CCCCc1nc(C)c(C(=O)Nc2ccn(C)n2)c(=O)n1Cc1ccc(-c2ccccc2S(=O)(=O)Nc2noc(C)c2C)c(COCC)c1. The predicted molar refractivity (Wildman–Crippen MR) is 186 cm³/mol. The molecular formula is C35H41N7O6S. The molecule has 5 rings (SSSR count). The minimum absolute atomic E-state index is 0.0544. The zero-order valence-electron chi connectivity index (χ0n) is 28.5. The van der Waals surface area contributed by atoms with Crippen molar-refractivity contribution in [3.05, 3.63) is 105 Å². The normalized spacial score (nSPS) is 11.6. The fourth-order valence-electron chi connectivity index (χ4n) is 5.47. The van der Waals surface area contributed by atoms with Crippen LogP contribution < -0.4 is 15.6 Å². The first-order valence-corrected chi connectivity index (χ1v) is 17.6.